The number of aromatic nitrogens is 2. The molecule has 32 heavy (non-hydrogen) atoms. The largest absolute Gasteiger partial charge is 0.493 e. The highest BCUT2D eigenvalue weighted by Crippen LogP contribution is 2.32. The Hall–Kier alpha value is -3.10. The summed E-state index contributed by atoms with van der Waals surface area (Å²) in [6.45, 7) is 5.85. The van der Waals surface area contributed by atoms with E-state index in [0.717, 1.165) is 16.2 Å². The molecular formula is C24H22N2O4S2. The zero-order valence-corrected chi connectivity index (χ0v) is 19.8. The molecule has 0 aliphatic carbocycles. The first-order valence-electron chi connectivity index (χ1n) is 9.95. The topological polar surface area (TPSA) is 81.3 Å². The normalized spacial score (nSPS) is 11.0. The average molecular weight is 467 g/mol. The first kappa shape index (κ1) is 22.1. The zero-order valence-electron chi connectivity index (χ0n) is 18.1. The SMILES string of the molecule is COc1ccccc1OC(=O)c1sc2nc(CSc3cc(C)ccc3C)[nH]c(=O)c2c1C. The Labute approximate surface area is 193 Å². The van der Waals surface area contributed by atoms with Crippen molar-refractivity contribution in [2.45, 2.75) is 31.4 Å². The number of fused-ring (bicyclic) bond motifs is 1. The molecule has 4 rings (SSSR count). The van der Waals surface area contributed by atoms with E-state index in [1.807, 2.05) is 0 Å². The van der Waals surface area contributed by atoms with Gasteiger partial charge in [-0.05, 0) is 50.1 Å². The molecule has 2 aromatic heterocycles. The number of thiophene rings is 1. The minimum absolute atomic E-state index is 0.253. The van der Waals surface area contributed by atoms with E-state index in [9.17, 15) is 9.59 Å². The summed E-state index contributed by atoms with van der Waals surface area (Å²) < 4.78 is 10.8. The van der Waals surface area contributed by atoms with Crippen LogP contribution >= 0.6 is 23.1 Å². The highest BCUT2D eigenvalue weighted by atomic mass is 32.2. The number of hydrogen-bond acceptors (Lipinski definition) is 7. The van der Waals surface area contributed by atoms with Gasteiger partial charge >= 0.3 is 5.97 Å². The predicted octanol–water partition coefficient (Wildman–Crippen LogP) is 5.43. The summed E-state index contributed by atoms with van der Waals surface area (Å²) in [4.78, 5) is 35.1. The molecule has 0 amide bonds. The lowest BCUT2D eigenvalue weighted by molar-refractivity contribution is 0.0734. The van der Waals surface area contributed by atoms with Crippen LogP contribution in [0.25, 0.3) is 10.2 Å². The molecule has 8 heteroatoms. The molecule has 4 aromatic rings. The summed E-state index contributed by atoms with van der Waals surface area (Å²) in [5.41, 5.74) is 2.67. The minimum Gasteiger partial charge on any atom is -0.493 e. The number of H-pyrrole nitrogens is 1. The number of nitrogens with zero attached hydrogens (tertiary/aromatic N) is 1. The second-order valence-electron chi connectivity index (χ2n) is 7.35. The fourth-order valence-corrected chi connectivity index (χ4v) is 5.38. The smallest absolute Gasteiger partial charge is 0.354 e. The number of nitrogens with one attached hydrogen (secondary N) is 1. The quantitative estimate of drug-likeness (QED) is 0.232. The van der Waals surface area contributed by atoms with E-state index in [4.69, 9.17) is 9.47 Å². The molecular weight excluding hydrogens is 444 g/mol. The van der Waals surface area contributed by atoms with Crippen LogP contribution in [0.1, 0.15) is 32.2 Å². The molecule has 0 fully saturated rings. The number of benzene rings is 2. The van der Waals surface area contributed by atoms with Crippen LogP contribution in [-0.4, -0.2) is 23.0 Å². The van der Waals surface area contributed by atoms with Gasteiger partial charge in [0.2, 0.25) is 0 Å². The zero-order chi connectivity index (χ0) is 22.8. The number of ether oxygens (including phenoxy) is 2. The van der Waals surface area contributed by atoms with Crippen LogP contribution in [0.15, 0.2) is 52.2 Å². The Morgan fingerprint density at radius 3 is 2.62 bits per heavy atom. The van der Waals surface area contributed by atoms with Gasteiger partial charge in [-0.15, -0.1) is 23.1 Å². The van der Waals surface area contributed by atoms with Gasteiger partial charge in [-0.1, -0.05) is 29.8 Å². The number of para-hydroxylation sites is 2. The van der Waals surface area contributed by atoms with Crippen molar-refractivity contribution in [3.8, 4) is 11.5 Å². The Balaban J connectivity index is 1.62. The number of hydrogen-bond donors (Lipinski definition) is 1. The predicted molar refractivity (Wildman–Crippen MR) is 128 cm³/mol. The van der Waals surface area contributed by atoms with Gasteiger partial charge in [0.05, 0.1) is 18.2 Å². The number of thioether (sulfide) groups is 1. The first-order chi connectivity index (χ1) is 15.4. The van der Waals surface area contributed by atoms with Gasteiger partial charge in [-0.25, -0.2) is 9.78 Å². The fraction of sp³-hybridized carbons (Fsp3) is 0.208. The Bertz CT molecular complexity index is 1370. The van der Waals surface area contributed by atoms with Gasteiger partial charge in [0, 0.05) is 4.90 Å². The molecule has 0 aliphatic heterocycles. The molecule has 0 spiro atoms. The summed E-state index contributed by atoms with van der Waals surface area (Å²) in [5.74, 6) is 1.33. The lowest BCUT2D eigenvalue weighted by Crippen LogP contribution is -2.12. The highest BCUT2D eigenvalue weighted by Gasteiger charge is 2.22. The third-order valence-electron chi connectivity index (χ3n) is 5.01. The molecule has 0 bridgehead atoms. The Morgan fingerprint density at radius 1 is 1.12 bits per heavy atom. The van der Waals surface area contributed by atoms with Crippen LogP contribution in [0.5, 0.6) is 11.5 Å². The van der Waals surface area contributed by atoms with Crippen molar-refractivity contribution in [3.63, 3.8) is 0 Å². The third kappa shape index (κ3) is 4.42. The second kappa shape index (κ2) is 9.18. The third-order valence-corrected chi connectivity index (χ3v) is 7.35. The van der Waals surface area contributed by atoms with Crippen molar-refractivity contribution >= 4 is 39.3 Å². The number of rotatable bonds is 6. The number of methoxy groups -OCH3 is 1. The molecule has 0 saturated carbocycles. The number of aryl methyl sites for hydroxylation is 3. The number of carbonyl (C=O) groups is 1. The van der Waals surface area contributed by atoms with E-state index in [0.29, 0.717) is 43.7 Å². The molecule has 0 saturated heterocycles. The van der Waals surface area contributed by atoms with Crippen molar-refractivity contribution < 1.29 is 14.3 Å². The van der Waals surface area contributed by atoms with Crippen LogP contribution in [0.2, 0.25) is 0 Å². The molecule has 0 atom stereocenters. The first-order valence-corrected chi connectivity index (χ1v) is 11.7. The van der Waals surface area contributed by atoms with Gasteiger partial charge < -0.3 is 14.5 Å². The van der Waals surface area contributed by atoms with E-state index in [-0.39, 0.29) is 5.56 Å². The minimum atomic E-state index is -0.541. The van der Waals surface area contributed by atoms with E-state index >= 15 is 0 Å². The van der Waals surface area contributed by atoms with E-state index in [2.05, 4.69) is 42.0 Å². The van der Waals surface area contributed by atoms with Crippen LogP contribution in [-0.2, 0) is 5.75 Å². The van der Waals surface area contributed by atoms with Gasteiger partial charge in [-0.2, -0.15) is 0 Å². The van der Waals surface area contributed by atoms with Crippen LogP contribution < -0.4 is 15.0 Å². The summed E-state index contributed by atoms with van der Waals surface area (Å²) in [6, 6.07) is 13.2. The van der Waals surface area contributed by atoms with E-state index in [1.54, 1.807) is 43.0 Å². The molecule has 0 aliphatic rings. The van der Waals surface area contributed by atoms with Gasteiger partial charge in [0.1, 0.15) is 15.5 Å². The number of aromatic amines is 1. The molecule has 1 N–H and O–H groups in total. The van der Waals surface area contributed by atoms with Crippen molar-refractivity contribution in [1.29, 1.82) is 0 Å². The second-order valence-corrected chi connectivity index (χ2v) is 9.36. The summed E-state index contributed by atoms with van der Waals surface area (Å²) in [5, 5.41) is 0.419. The van der Waals surface area contributed by atoms with Crippen molar-refractivity contribution in [2.24, 2.45) is 0 Å². The maximum atomic E-state index is 12.8. The van der Waals surface area contributed by atoms with Gasteiger partial charge in [0.15, 0.2) is 11.5 Å². The molecule has 2 heterocycles. The van der Waals surface area contributed by atoms with E-state index < -0.39 is 5.97 Å². The summed E-state index contributed by atoms with van der Waals surface area (Å²) in [7, 11) is 1.51. The molecule has 0 unspecified atom stereocenters. The molecule has 6 nitrogen and oxygen atoms in total. The van der Waals surface area contributed by atoms with Gasteiger partial charge in [0.25, 0.3) is 5.56 Å². The fourth-order valence-electron chi connectivity index (χ4n) is 3.31. The number of carbonyl (C=O) groups excluding carboxylic acids is 1. The lowest BCUT2D eigenvalue weighted by Gasteiger charge is -2.08. The Morgan fingerprint density at radius 2 is 1.88 bits per heavy atom. The summed E-state index contributed by atoms with van der Waals surface area (Å²) >= 11 is 2.79. The maximum Gasteiger partial charge on any atom is 0.354 e. The van der Waals surface area contributed by atoms with Crippen LogP contribution in [0, 0.1) is 20.8 Å². The lowest BCUT2D eigenvalue weighted by atomic mass is 10.2. The number of esters is 1. The highest BCUT2D eigenvalue weighted by molar-refractivity contribution is 7.98. The van der Waals surface area contributed by atoms with Crippen molar-refractivity contribution in [3.05, 3.63) is 80.2 Å². The van der Waals surface area contributed by atoms with Gasteiger partial charge in [-0.3, -0.25) is 4.79 Å². The van der Waals surface area contributed by atoms with E-state index in [1.165, 1.54) is 18.2 Å². The van der Waals surface area contributed by atoms with Crippen LogP contribution in [0.3, 0.4) is 0 Å². The summed E-state index contributed by atoms with van der Waals surface area (Å²) in [6.07, 6.45) is 0. The molecule has 0 radical (unpaired) electrons. The Kier molecular flexibility index (Phi) is 6.34. The van der Waals surface area contributed by atoms with Crippen molar-refractivity contribution in [1.82, 2.24) is 9.97 Å². The average Bonchev–Trinajstić information content (AvgIpc) is 3.11. The molecule has 2 aromatic carbocycles. The monoisotopic (exact) mass is 466 g/mol. The maximum absolute atomic E-state index is 12.8. The molecule has 164 valence electrons. The van der Waals surface area contributed by atoms with Crippen molar-refractivity contribution in [2.75, 3.05) is 7.11 Å². The van der Waals surface area contributed by atoms with Crippen LogP contribution in [0.4, 0.5) is 0 Å². The standard InChI is InChI=1S/C24H22N2O4S2/c1-13-9-10-14(2)18(11-13)31-12-19-25-22(27)20-15(3)21(32-23(20)26-19)24(28)30-17-8-6-5-7-16(17)29-4/h5-11H,12H2,1-4H3,(H,25,26,27).